The van der Waals surface area contributed by atoms with E-state index in [-0.39, 0.29) is 24.0 Å². The van der Waals surface area contributed by atoms with E-state index in [4.69, 9.17) is 0 Å². The van der Waals surface area contributed by atoms with Gasteiger partial charge in [0.25, 0.3) is 0 Å². The summed E-state index contributed by atoms with van der Waals surface area (Å²) >= 11 is 1.63. The lowest BCUT2D eigenvalue weighted by atomic mass is 10.8. The number of aliphatic imine (C=N–C) groups is 1. The highest BCUT2D eigenvalue weighted by atomic mass is 127. The van der Waals surface area contributed by atoms with Gasteiger partial charge in [0, 0.05) is 13.6 Å². The lowest BCUT2D eigenvalue weighted by molar-refractivity contribution is 0.978. The molecule has 0 unspecified atom stereocenters. The smallest absolute Gasteiger partial charge is 0.155 e. The predicted molar refractivity (Wildman–Crippen MR) is 56.0 cm³/mol. The SMILES string of the molecule is CCNC(=NC)SC.I. The van der Waals surface area contributed by atoms with Gasteiger partial charge in [-0.15, -0.1) is 24.0 Å². The molecule has 4 heteroatoms. The first-order valence-corrected chi connectivity index (χ1v) is 3.82. The third-order valence-corrected chi connectivity index (χ3v) is 1.44. The predicted octanol–water partition coefficient (Wildman–Crippen LogP) is 1.56. The Morgan fingerprint density at radius 2 is 2.22 bits per heavy atom. The summed E-state index contributed by atoms with van der Waals surface area (Å²) < 4.78 is 0. The van der Waals surface area contributed by atoms with Crippen molar-refractivity contribution in [3.63, 3.8) is 0 Å². The molecule has 56 valence electrons. The van der Waals surface area contributed by atoms with Gasteiger partial charge in [0.15, 0.2) is 5.17 Å². The number of halogens is 1. The van der Waals surface area contributed by atoms with Crippen LogP contribution in [0.15, 0.2) is 4.99 Å². The summed E-state index contributed by atoms with van der Waals surface area (Å²) in [7, 11) is 1.79. The van der Waals surface area contributed by atoms with Crippen LogP contribution in [0.5, 0.6) is 0 Å². The van der Waals surface area contributed by atoms with Crippen LogP contribution in [0.2, 0.25) is 0 Å². The molecule has 0 aromatic carbocycles. The maximum atomic E-state index is 3.96. The minimum absolute atomic E-state index is 0. The van der Waals surface area contributed by atoms with E-state index in [1.54, 1.807) is 18.8 Å². The fourth-order valence-corrected chi connectivity index (χ4v) is 0.865. The Morgan fingerprint density at radius 1 is 1.67 bits per heavy atom. The molecule has 0 spiro atoms. The summed E-state index contributed by atoms with van der Waals surface area (Å²) in [6.07, 6.45) is 2.00. The zero-order valence-electron chi connectivity index (χ0n) is 5.97. The Hall–Kier alpha value is 0.550. The number of hydrogen-bond donors (Lipinski definition) is 1. The molecular formula is C5H13IN2S. The molecule has 0 saturated carbocycles. The van der Waals surface area contributed by atoms with Gasteiger partial charge in [-0.1, -0.05) is 11.8 Å². The van der Waals surface area contributed by atoms with Crippen LogP contribution >= 0.6 is 35.7 Å². The largest absolute Gasteiger partial charge is 0.365 e. The molecule has 2 nitrogen and oxygen atoms in total. The molecule has 0 rings (SSSR count). The van der Waals surface area contributed by atoms with Gasteiger partial charge >= 0.3 is 0 Å². The van der Waals surface area contributed by atoms with E-state index in [1.807, 2.05) is 6.26 Å². The molecule has 0 aliphatic rings. The van der Waals surface area contributed by atoms with Gasteiger partial charge in [-0.25, -0.2) is 0 Å². The third kappa shape index (κ3) is 6.44. The summed E-state index contributed by atoms with van der Waals surface area (Å²) in [6, 6.07) is 0. The lowest BCUT2D eigenvalue weighted by Gasteiger charge is -2.00. The van der Waals surface area contributed by atoms with Crippen molar-refractivity contribution >= 4 is 40.9 Å². The maximum Gasteiger partial charge on any atom is 0.155 e. The first kappa shape index (κ1) is 12.2. The molecule has 0 bridgehead atoms. The van der Waals surface area contributed by atoms with Gasteiger partial charge in [0.2, 0.25) is 0 Å². The highest BCUT2D eigenvalue weighted by Crippen LogP contribution is 1.91. The number of nitrogens with one attached hydrogen (secondary N) is 1. The van der Waals surface area contributed by atoms with E-state index in [9.17, 15) is 0 Å². The van der Waals surface area contributed by atoms with E-state index >= 15 is 0 Å². The normalized spacial score (nSPS) is 10.3. The summed E-state index contributed by atoms with van der Waals surface area (Å²) in [6.45, 7) is 3.01. The Balaban J connectivity index is 0. The Bertz CT molecular complexity index is 85.0. The quantitative estimate of drug-likeness (QED) is 0.439. The minimum atomic E-state index is 0. The van der Waals surface area contributed by atoms with Crippen molar-refractivity contribution in [1.82, 2.24) is 5.32 Å². The number of rotatable bonds is 1. The van der Waals surface area contributed by atoms with Crippen LogP contribution in [0, 0.1) is 0 Å². The zero-order chi connectivity index (χ0) is 6.41. The van der Waals surface area contributed by atoms with Crippen molar-refractivity contribution in [2.24, 2.45) is 4.99 Å². The maximum absolute atomic E-state index is 3.96. The number of hydrogen-bond acceptors (Lipinski definition) is 2. The molecule has 9 heavy (non-hydrogen) atoms. The molecule has 0 fully saturated rings. The van der Waals surface area contributed by atoms with Crippen LogP contribution in [0.4, 0.5) is 0 Å². The summed E-state index contributed by atoms with van der Waals surface area (Å²) in [4.78, 5) is 3.96. The van der Waals surface area contributed by atoms with E-state index in [0.717, 1.165) is 11.7 Å². The number of nitrogens with zero attached hydrogens (tertiary/aromatic N) is 1. The molecule has 0 amide bonds. The van der Waals surface area contributed by atoms with Gasteiger partial charge < -0.3 is 5.32 Å². The molecule has 0 aromatic heterocycles. The van der Waals surface area contributed by atoms with Crippen LogP contribution in [-0.2, 0) is 0 Å². The van der Waals surface area contributed by atoms with E-state index < -0.39 is 0 Å². The summed E-state index contributed by atoms with van der Waals surface area (Å²) in [5.74, 6) is 0. The molecule has 0 aliphatic heterocycles. The average molecular weight is 260 g/mol. The standard InChI is InChI=1S/C5H12N2S.HI/c1-4-7-5(6-2)8-3;/h4H2,1-3H3,(H,6,7);1H. The van der Waals surface area contributed by atoms with Crippen molar-refractivity contribution in [1.29, 1.82) is 0 Å². The highest BCUT2D eigenvalue weighted by molar-refractivity contribution is 14.0. The molecular weight excluding hydrogens is 247 g/mol. The average Bonchev–Trinajstić information content (AvgIpc) is 1.83. The van der Waals surface area contributed by atoms with Crippen LogP contribution in [0.25, 0.3) is 0 Å². The van der Waals surface area contributed by atoms with E-state index in [1.165, 1.54) is 0 Å². The van der Waals surface area contributed by atoms with Gasteiger partial charge in [0.05, 0.1) is 0 Å². The zero-order valence-corrected chi connectivity index (χ0v) is 9.12. The topological polar surface area (TPSA) is 24.4 Å². The second-order valence-electron chi connectivity index (χ2n) is 1.26. The van der Waals surface area contributed by atoms with Crippen LogP contribution in [-0.4, -0.2) is 25.0 Å². The van der Waals surface area contributed by atoms with Crippen LogP contribution in [0.1, 0.15) is 6.92 Å². The molecule has 0 saturated heterocycles. The van der Waals surface area contributed by atoms with Gasteiger partial charge in [-0.2, -0.15) is 0 Å². The summed E-state index contributed by atoms with van der Waals surface area (Å²) in [5, 5.41) is 4.10. The van der Waals surface area contributed by atoms with Gasteiger partial charge in [0.1, 0.15) is 0 Å². The van der Waals surface area contributed by atoms with Crippen LogP contribution < -0.4 is 5.32 Å². The Labute approximate surface area is 77.9 Å². The first-order valence-electron chi connectivity index (χ1n) is 2.59. The van der Waals surface area contributed by atoms with Crippen molar-refractivity contribution < 1.29 is 0 Å². The molecule has 0 heterocycles. The van der Waals surface area contributed by atoms with Gasteiger partial charge in [-0.05, 0) is 13.2 Å². The van der Waals surface area contributed by atoms with Crippen molar-refractivity contribution in [3.05, 3.63) is 0 Å². The number of thioether (sulfide) groups is 1. The fraction of sp³-hybridized carbons (Fsp3) is 0.800. The number of amidine groups is 1. The van der Waals surface area contributed by atoms with Gasteiger partial charge in [-0.3, -0.25) is 4.99 Å². The minimum Gasteiger partial charge on any atom is -0.365 e. The highest BCUT2D eigenvalue weighted by Gasteiger charge is 1.86. The Morgan fingerprint density at radius 3 is 2.33 bits per heavy atom. The van der Waals surface area contributed by atoms with E-state index in [0.29, 0.717) is 0 Å². The van der Waals surface area contributed by atoms with E-state index in [2.05, 4.69) is 17.2 Å². The molecule has 0 radical (unpaired) electrons. The lowest BCUT2D eigenvalue weighted by Crippen LogP contribution is -2.18. The molecule has 0 aliphatic carbocycles. The Kier molecular flexibility index (Phi) is 11.6. The second kappa shape index (κ2) is 8.55. The second-order valence-corrected chi connectivity index (χ2v) is 2.06. The van der Waals surface area contributed by atoms with Crippen molar-refractivity contribution in [2.75, 3.05) is 19.8 Å². The molecule has 1 N–H and O–H groups in total. The first-order chi connectivity index (χ1) is 3.85. The third-order valence-electron chi connectivity index (χ3n) is 0.724. The monoisotopic (exact) mass is 260 g/mol. The fourth-order valence-electron chi connectivity index (χ4n) is 0.394. The van der Waals surface area contributed by atoms with Crippen molar-refractivity contribution in [2.45, 2.75) is 6.92 Å². The summed E-state index contributed by atoms with van der Waals surface area (Å²) in [5.41, 5.74) is 0. The molecule has 0 aromatic rings. The molecule has 0 atom stereocenters. The van der Waals surface area contributed by atoms with Crippen molar-refractivity contribution in [3.8, 4) is 0 Å². The van der Waals surface area contributed by atoms with Crippen LogP contribution in [0.3, 0.4) is 0 Å².